The van der Waals surface area contributed by atoms with E-state index in [1.165, 1.54) is 0 Å². The number of carbonyl (C=O) groups is 1. The molecule has 0 aliphatic heterocycles. The molecule has 1 aromatic rings. The quantitative estimate of drug-likeness (QED) is 0.430. The lowest BCUT2D eigenvalue weighted by Gasteiger charge is -2.35. The minimum Gasteiger partial charge on any atom is -0.493 e. The van der Waals surface area contributed by atoms with Gasteiger partial charge in [-0.15, -0.1) is 0 Å². The van der Waals surface area contributed by atoms with Gasteiger partial charge in [0.05, 0.1) is 6.61 Å². The molecule has 1 amide bonds. The summed E-state index contributed by atoms with van der Waals surface area (Å²) < 4.78 is 12.2. The van der Waals surface area contributed by atoms with Gasteiger partial charge < -0.3 is 14.8 Å². The highest BCUT2D eigenvalue weighted by atomic mass is 16.5. The third kappa shape index (κ3) is 8.00. The first kappa shape index (κ1) is 25.5. The average Bonchev–Trinajstić information content (AvgIpc) is 2.57. The van der Waals surface area contributed by atoms with Crippen LogP contribution in [0.5, 0.6) is 5.75 Å². The Morgan fingerprint density at radius 3 is 1.90 bits per heavy atom. The number of hydrogen-bond donors (Lipinski definition) is 1. The highest BCUT2D eigenvalue weighted by Crippen LogP contribution is 2.33. The molecule has 0 unspecified atom stereocenters. The molecule has 0 radical (unpaired) electrons. The van der Waals surface area contributed by atoms with Crippen LogP contribution in [0.25, 0.3) is 0 Å². The fourth-order valence-corrected chi connectivity index (χ4v) is 3.81. The third-order valence-electron chi connectivity index (χ3n) is 4.75. The van der Waals surface area contributed by atoms with E-state index in [1.54, 1.807) is 0 Å². The molecular formula is C25H43NO3. The van der Waals surface area contributed by atoms with E-state index in [2.05, 4.69) is 53.8 Å². The van der Waals surface area contributed by atoms with Gasteiger partial charge in [0.2, 0.25) is 0 Å². The fraction of sp³-hybridized carbons (Fsp3) is 0.720. The standard InChI is InChI=1S/C25H43NO3/c1-10-11-29-25(14-17(2)3,15-18(4)5)24(27)26-22-12-20(8)23(21(9)13-22)28-16-19(6)7/h12-13,17-19H,10-11,14-16H2,1-9H3,(H,26,27). The van der Waals surface area contributed by atoms with Crippen molar-refractivity contribution in [2.45, 2.75) is 87.2 Å². The van der Waals surface area contributed by atoms with Crippen molar-refractivity contribution >= 4 is 11.6 Å². The van der Waals surface area contributed by atoms with Crippen LogP contribution in [0, 0.1) is 31.6 Å². The molecule has 0 aromatic heterocycles. The van der Waals surface area contributed by atoms with E-state index < -0.39 is 5.60 Å². The number of anilines is 1. The third-order valence-corrected chi connectivity index (χ3v) is 4.75. The van der Waals surface area contributed by atoms with Gasteiger partial charge >= 0.3 is 0 Å². The van der Waals surface area contributed by atoms with Crippen LogP contribution < -0.4 is 10.1 Å². The van der Waals surface area contributed by atoms with E-state index in [-0.39, 0.29) is 5.91 Å². The number of ether oxygens (including phenoxy) is 2. The van der Waals surface area contributed by atoms with Crippen molar-refractivity contribution in [2.75, 3.05) is 18.5 Å². The van der Waals surface area contributed by atoms with Gasteiger partial charge in [-0.3, -0.25) is 4.79 Å². The van der Waals surface area contributed by atoms with Crippen molar-refractivity contribution in [3.63, 3.8) is 0 Å². The summed E-state index contributed by atoms with van der Waals surface area (Å²) in [6, 6.07) is 3.99. The predicted molar refractivity (Wildman–Crippen MR) is 123 cm³/mol. The fourth-order valence-electron chi connectivity index (χ4n) is 3.81. The molecule has 4 nitrogen and oxygen atoms in total. The minimum atomic E-state index is -0.799. The summed E-state index contributed by atoms with van der Waals surface area (Å²) in [5.74, 6) is 2.08. The highest BCUT2D eigenvalue weighted by molar-refractivity contribution is 5.97. The van der Waals surface area contributed by atoms with Crippen LogP contribution in [0.4, 0.5) is 5.69 Å². The predicted octanol–water partition coefficient (Wildman–Crippen LogP) is 6.53. The zero-order valence-corrected chi connectivity index (χ0v) is 20.1. The van der Waals surface area contributed by atoms with Crippen molar-refractivity contribution < 1.29 is 14.3 Å². The average molecular weight is 406 g/mol. The van der Waals surface area contributed by atoms with E-state index in [1.807, 2.05) is 26.0 Å². The molecule has 0 saturated carbocycles. The molecule has 166 valence electrons. The van der Waals surface area contributed by atoms with Crippen molar-refractivity contribution in [1.82, 2.24) is 0 Å². The van der Waals surface area contributed by atoms with Gasteiger partial charge in [-0.2, -0.15) is 0 Å². The van der Waals surface area contributed by atoms with Crippen LogP contribution in [0.2, 0.25) is 0 Å². The van der Waals surface area contributed by atoms with Gasteiger partial charge in [0.25, 0.3) is 5.91 Å². The van der Waals surface area contributed by atoms with Crippen molar-refractivity contribution in [2.24, 2.45) is 17.8 Å². The van der Waals surface area contributed by atoms with Gasteiger partial charge in [-0.25, -0.2) is 0 Å². The lowest BCUT2D eigenvalue weighted by molar-refractivity contribution is -0.147. The first-order valence-corrected chi connectivity index (χ1v) is 11.2. The summed E-state index contributed by atoms with van der Waals surface area (Å²) >= 11 is 0. The van der Waals surface area contributed by atoms with Crippen LogP contribution in [-0.4, -0.2) is 24.7 Å². The van der Waals surface area contributed by atoms with Crippen molar-refractivity contribution in [3.8, 4) is 5.75 Å². The summed E-state index contributed by atoms with van der Waals surface area (Å²) in [6.07, 6.45) is 2.32. The van der Waals surface area contributed by atoms with Crippen molar-refractivity contribution in [3.05, 3.63) is 23.3 Å². The van der Waals surface area contributed by atoms with Crippen LogP contribution in [0.1, 0.15) is 78.9 Å². The number of nitrogens with one attached hydrogen (secondary N) is 1. The Bertz CT molecular complexity index is 616. The molecule has 4 heteroatoms. The zero-order chi connectivity index (χ0) is 22.2. The number of amides is 1. The molecule has 0 bridgehead atoms. The molecule has 0 heterocycles. The number of rotatable bonds is 12. The molecule has 0 fully saturated rings. The first-order valence-electron chi connectivity index (χ1n) is 11.2. The Morgan fingerprint density at radius 2 is 1.48 bits per heavy atom. The SMILES string of the molecule is CCCOC(CC(C)C)(CC(C)C)C(=O)Nc1cc(C)c(OCC(C)C)c(C)c1. The normalized spacial score (nSPS) is 12.1. The molecule has 0 aliphatic rings. The van der Waals surface area contributed by atoms with E-state index in [9.17, 15) is 4.79 Å². The lowest BCUT2D eigenvalue weighted by Crippen LogP contribution is -2.48. The number of aryl methyl sites for hydroxylation is 2. The van der Waals surface area contributed by atoms with Gasteiger partial charge in [0, 0.05) is 12.3 Å². The van der Waals surface area contributed by atoms with Gasteiger partial charge in [-0.1, -0.05) is 48.5 Å². The summed E-state index contributed by atoms with van der Waals surface area (Å²) in [5, 5.41) is 3.16. The maximum Gasteiger partial charge on any atom is 0.256 e. The Balaban J connectivity index is 3.14. The molecule has 0 atom stereocenters. The van der Waals surface area contributed by atoms with E-state index >= 15 is 0 Å². The topological polar surface area (TPSA) is 47.6 Å². The molecular weight excluding hydrogens is 362 g/mol. The lowest BCUT2D eigenvalue weighted by atomic mass is 9.83. The van der Waals surface area contributed by atoms with Crippen LogP contribution in [0.15, 0.2) is 12.1 Å². The molecule has 1 N–H and O–H groups in total. The Kier molecular flexibility index (Phi) is 10.2. The monoisotopic (exact) mass is 405 g/mol. The Morgan fingerprint density at radius 1 is 0.966 bits per heavy atom. The largest absolute Gasteiger partial charge is 0.493 e. The zero-order valence-electron chi connectivity index (χ0n) is 20.1. The van der Waals surface area contributed by atoms with Crippen molar-refractivity contribution in [1.29, 1.82) is 0 Å². The summed E-state index contributed by atoms with van der Waals surface area (Å²) in [4.78, 5) is 13.5. The maximum atomic E-state index is 13.5. The van der Waals surface area contributed by atoms with Crippen LogP contribution in [-0.2, 0) is 9.53 Å². The molecule has 0 spiro atoms. The summed E-state index contributed by atoms with van der Waals surface area (Å²) in [7, 11) is 0. The summed E-state index contributed by atoms with van der Waals surface area (Å²) in [6.45, 7) is 20.3. The second kappa shape index (κ2) is 11.6. The molecule has 1 rings (SSSR count). The van der Waals surface area contributed by atoms with E-state index in [0.717, 1.165) is 29.0 Å². The molecule has 0 aliphatic carbocycles. The number of hydrogen-bond acceptors (Lipinski definition) is 3. The van der Waals surface area contributed by atoms with E-state index in [0.29, 0.717) is 43.8 Å². The minimum absolute atomic E-state index is 0.0389. The van der Waals surface area contributed by atoms with Gasteiger partial charge in [0.1, 0.15) is 11.4 Å². The molecule has 0 saturated heterocycles. The van der Waals surface area contributed by atoms with Crippen LogP contribution in [0.3, 0.4) is 0 Å². The number of carbonyl (C=O) groups excluding carboxylic acids is 1. The molecule has 29 heavy (non-hydrogen) atoms. The Labute approximate surface area is 178 Å². The second-order valence-electron chi connectivity index (χ2n) is 9.64. The maximum absolute atomic E-state index is 13.5. The summed E-state index contributed by atoms with van der Waals surface area (Å²) in [5.41, 5.74) is 2.08. The van der Waals surface area contributed by atoms with Gasteiger partial charge in [0.15, 0.2) is 0 Å². The van der Waals surface area contributed by atoms with Gasteiger partial charge in [-0.05, 0) is 74.1 Å². The highest BCUT2D eigenvalue weighted by Gasteiger charge is 2.40. The Hall–Kier alpha value is -1.55. The molecule has 1 aromatic carbocycles. The first-order chi connectivity index (χ1) is 13.5. The smallest absolute Gasteiger partial charge is 0.256 e. The second-order valence-corrected chi connectivity index (χ2v) is 9.64. The van der Waals surface area contributed by atoms with E-state index in [4.69, 9.17) is 9.47 Å². The number of benzene rings is 1. The van der Waals surface area contributed by atoms with Crippen LogP contribution >= 0.6 is 0 Å².